The van der Waals surface area contributed by atoms with Gasteiger partial charge in [0, 0.05) is 13.1 Å². The number of ether oxygens (including phenoxy) is 2. The van der Waals surface area contributed by atoms with Crippen LogP contribution >= 0.6 is 0 Å². The molecule has 8 aromatic rings. The predicted molar refractivity (Wildman–Crippen MR) is 194 cm³/mol. The number of hydrogen-bond donors (Lipinski definition) is 4. The lowest BCUT2D eigenvalue weighted by atomic mass is 10.3. The molecule has 4 N–H and O–H groups in total. The Hall–Kier alpha value is -5.40. The van der Waals surface area contributed by atoms with Crippen molar-refractivity contribution >= 4 is 44.1 Å². The number of imidazole rings is 4. The highest BCUT2D eigenvalue weighted by atomic mass is 16.5. The number of aromatic nitrogens is 8. The molecule has 4 heterocycles. The van der Waals surface area contributed by atoms with Crippen molar-refractivity contribution in [3.05, 3.63) is 120 Å². The molecule has 8 rings (SSSR count). The maximum atomic E-state index is 6.05. The highest BCUT2D eigenvalue weighted by Crippen LogP contribution is 2.17. The number of benzene rings is 4. The maximum Gasteiger partial charge on any atom is 0.121 e. The summed E-state index contributed by atoms with van der Waals surface area (Å²) in [5.74, 6) is 3.67. The Morgan fingerprint density at radius 1 is 0.380 bits per heavy atom. The van der Waals surface area contributed by atoms with Gasteiger partial charge in [0.25, 0.3) is 0 Å². The summed E-state index contributed by atoms with van der Waals surface area (Å²) in [6.07, 6.45) is 0. The average Bonchev–Trinajstić information content (AvgIpc) is 3.92. The second kappa shape index (κ2) is 15.0. The van der Waals surface area contributed by atoms with E-state index in [1.807, 2.05) is 72.8 Å². The number of nitrogens with one attached hydrogen (secondary N) is 4. The van der Waals surface area contributed by atoms with Crippen LogP contribution in [0.5, 0.6) is 0 Å². The van der Waals surface area contributed by atoms with E-state index in [1.54, 1.807) is 0 Å². The first kappa shape index (κ1) is 31.8. The van der Waals surface area contributed by atoms with Crippen molar-refractivity contribution in [1.29, 1.82) is 0 Å². The number of rotatable bonds is 17. The summed E-state index contributed by atoms with van der Waals surface area (Å²) in [5, 5.41) is 0. The second-order valence-corrected chi connectivity index (χ2v) is 12.4. The Kier molecular flexibility index (Phi) is 9.56. The maximum absolute atomic E-state index is 6.05. The number of H-pyrrole nitrogens is 4. The molecule has 0 aliphatic rings. The Morgan fingerprint density at radius 3 is 0.940 bits per heavy atom. The molecule has 0 amide bonds. The zero-order valence-electron chi connectivity index (χ0n) is 27.8. The van der Waals surface area contributed by atoms with Crippen LogP contribution in [-0.4, -0.2) is 89.2 Å². The Morgan fingerprint density at radius 2 is 0.660 bits per heavy atom. The molecular formula is C38H40N10O2. The lowest BCUT2D eigenvalue weighted by molar-refractivity contribution is 0.0276. The van der Waals surface area contributed by atoms with Gasteiger partial charge in [-0.3, -0.25) is 9.80 Å². The molecule has 0 bridgehead atoms. The van der Waals surface area contributed by atoms with E-state index in [-0.39, 0.29) is 0 Å². The van der Waals surface area contributed by atoms with Crippen molar-refractivity contribution < 1.29 is 9.47 Å². The average molecular weight is 669 g/mol. The first-order valence-corrected chi connectivity index (χ1v) is 17.1. The molecule has 0 radical (unpaired) electrons. The van der Waals surface area contributed by atoms with Gasteiger partial charge in [0.05, 0.1) is 96.7 Å². The SMILES string of the molecule is c1ccc2[nH]c(CN(CCOCCOCCN(Cc3nc4ccccc4[nH]3)Cc3nc4ccccc4[nH]3)Cc3nc4ccccc4[nH]3)nc2c1. The van der Waals surface area contributed by atoms with E-state index in [0.717, 1.165) is 80.5 Å². The first-order chi connectivity index (χ1) is 24.7. The predicted octanol–water partition coefficient (Wildman–Crippen LogP) is 5.93. The van der Waals surface area contributed by atoms with Crippen molar-refractivity contribution in [2.75, 3.05) is 39.5 Å². The summed E-state index contributed by atoms with van der Waals surface area (Å²) in [5.41, 5.74) is 8.01. The highest BCUT2D eigenvalue weighted by Gasteiger charge is 2.15. The molecule has 0 saturated carbocycles. The van der Waals surface area contributed by atoms with Crippen LogP contribution in [0.4, 0.5) is 0 Å². The van der Waals surface area contributed by atoms with Crippen molar-refractivity contribution in [3.8, 4) is 0 Å². The molecular weight excluding hydrogens is 628 g/mol. The molecule has 0 atom stereocenters. The third kappa shape index (κ3) is 7.74. The van der Waals surface area contributed by atoms with Crippen LogP contribution in [-0.2, 0) is 35.7 Å². The van der Waals surface area contributed by atoms with Gasteiger partial charge in [-0.25, -0.2) is 19.9 Å². The summed E-state index contributed by atoms with van der Waals surface area (Å²) in [7, 11) is 0. The topological polar surface area (TPSA) is 140 Å². The normalized spacial score (nSPS) is 12.1. The standard InChI is InChI=1S/C38H40N10O2/c1-2-10-28-27(9-1)39-35(40-28)23-47(24-36-41-29-11-3-4-12-30(29)42-36)17-19-49-21-22-50-20-18-48(25-37-43-31-13-5-6-14-32(31)44-37)26-38-45-33-15-7-8-16-34(33)46-38/h1-16H,17-26H2,(H,39,40)(H,41,42)(H,43,44)(H,45,46). The van der Waals surface area contributed by atoms with Crippen LogP contribution in [0.3, 0.4) is 0 Å². The lowest BCUT2D eigenvalue weighted by Gasteiger charge is -2.21. The molecule has 50 heavy (non-hydrogen) atoms. The minimum absolute atomic E-state index is 0.510. The van der Waals surface area contributed by atoms with Gasteiger partial charge in [0.1, 0.15) is 23.3 Å². The monoisotopic (exact) mass is 668 g/mol. The van der Waals surface area contributed by atoms with Crippen LogP contribution in [0.1, 0.15) is 23.3 Å². The van der Waals surface area contributed by atoms with Gasteiger partial charge in [0.2, 0.25) is 0 Å². The van der Waals surface area contributed by atoms with Gasteiger partial charge in [-0.1, -0.05) is 48.5 Å². The Balaban J connectivity index is 0.836. The highest BCUT2D eigenvalue weighted by molar-refractivity contribution is 5.76. The van der Waals surface area contributed by atoms with Crippen LogP contribution in [0, 0.1) is 0 Å². The summed E-state index contributed by atoms with van der Waals surface area (Å²) in [6, 6.07) is 32.4. The summed E-state index contributed by atoms with van der Waals surface area (Å²) >= 11 is 0. The Bertz CT molecular complexity index is 1860. The number of fused-ring (bicyclic) bond motifs is 4. The lowest BCUT2D eigenvalue weighted by Crippen LogP contribution is -2.29. The zero-order valence-corrected chi connectivity index (χ0v) is 27.8. The number of aromatic amines is 4. The molecule has 0 unspecified atom stereocenters. The number of para-hydroxylation sites is 8. The van der Waals surface area contributed by atoms with Crippen molar-refractivity contribution in [1.82, 2.24) is 49.7 Å². The molecule has 0 spiro atoms. The molecule has 0 saturated heterocycles. The first-order valence-electron chi connectivity index (χ1n) is 17.1. The van der Waals surface area contributed by atoms with E-state index >= 15 is 0 Å². The molecule has 0 aliphatic carbocycles. The van der Waals surface area contributed by atoms with Gasteiger partial charge in [-0.2, -0.15) is 0 Å². The summed E-state index contributed by atoms with van der Waals surface area (Å²) in [6.45, 7) is 6.19. The van der Waals surface area contributed by atoms with E-state index in [1.165, 1.54) is 0 Å². The molecule has 12 heteroatoms. The van der Waals surface area contributed by atoms with Gasteiger partial charge < -0.3 is 29.4 Å². The van der Waals surface area contributed by atoms with Crippen LogP contribution in [0.15, 0.2) is 97.1 Å². The van der Waals surface area contributed by atoms with E-state index < -0.39 is 0 Å². The molecule has 0 aliphatic heterocycles. The fourth-order valence-electron chi connectivity index (χ4n) is 6.31. The Labute approximate surface area is 288 Å². The zero-order chi connectivity index (χ0) is 33.5. The fourth-order valence-corrected chi connectivity index (χ4v) is 6.31. The third-order valence-electron chi connectivity index (χ3n) is 8.72. The van der Waals surface area contributed by atoms with Crippen molar-refractivity contribution in [2.24, 2.45) is 0 Å². The molecule has 12 nitrogen and oxygen atoms in total. The molecule has 4 aromatic carbocycles. The van der Waals surface area contributed by atoms with Crippen LogP contribution in [0.25, 0.3) is 44.1 Å². The van der Waals surface area contributed by atoms with Crippen LogP contribution < -0.4 is 0 Å². The van der Waals surface area contributed by atoms with Crippen molar-refractivity contribution in [2.45, 2.75) is 26.2 Å². The number of hydrogen-bond acceptors (Lipinski definition) is 8. The second-order valence-electron chi connectivity index (χ2n) is 12.4. The smallest absolute Gasteiger partial charge is 0.121 e. The van der Waals surface area contributed by atoms with E-state index in [9.17, 15) is 0 Å². The van der Waals surface area contributed by atoms with Crippen LogP contribution in [0.2, 0.25) is 0 Å². The third-order valence-corrected chi connectivity index (χ3v) is 8.72. The number of nitrogens with zero attached hydrogens (tertiary/aromatic N) is 6. The minimum atomic E-state index is 0.510. The fraction of sp³-hybridized carbons (Fsp3) is 0.263. The molecule has 0 fully saturated rings. The summed E-state index contributed by atoms with van der Waals surface area (Å²) < 4.78 is 12.1. The molecule has 4 aromatic heterocycles. The van der Waals surface area contributed by atoms with Gasteiger partial charge in [0.15, 0.2) is 0 Å². The minimum Gasteiger partial charge on any atom is -0.378 e. The van der Waals surface area contributed by atoms with Gasteiger partial charge in [-0.05, 0) is 48.5 Å². The van der Waals surface area contributed by atoms with E-state index in [2.05, 4.69) is 54.0 Å². The molecule has 254 valence electrons. The van der Waals surface area contributed by atoms with Crippen molar-refractivity contribution in [3.63, 3.8) is 0 Å². The quantitative estimate of drug-likeness (QED) is 0.0876. The largest absolute Gasteiger partial charge is 0.378 e. The van der Waals surface area contributed by atoms with Gasteiger partial charge >= 0.3 is 0 Å². The van der Waals surface area contributed by atoms with E-state index in [4.69, 9.17) is 29.4 Å². The summed E-state index contributed by atoms with van der Waals surface area (Å²) in [4.78, 5) is 37.6. The van der Waals surface area contributed by atoms with E-state index in [0.29, 0.717) is 52.6 Å². The van der Waals surface area contributed by atoms with Gasteiger partial charge in [-0.15, -0.1) is 0 Å².